The molecule has 1 amide bonds. The molecule has 1 aromatic rings. The van der Waals surface area contributed by atoms with Gasteiger partial charge in [0.15, 0.2) is 0 Å². The molecule has 104 valence electrons. The predicted octanol–water partition coefficient (Wildman–Crippen LogP) is 1.33. The standard InChI is InChI=1S/C13H18N2O4/c1-2-7-19-8-3-6-14-12(16)10-4-5-11(13(17)18)15-9-10/h4-5,9H,2-3,6-8H2,1H3,(H,14,16)(H,17,18). The van der Waals surface area contributed by atoms with E-state index in [1.54, 1.807) is 0 Å². The van der Waals surface area contributed by atoms with E-state index in [0.717, 1.165) is 19.4 Å². The Balaban J connectivity index is 2.31. The molecule has 0 saturated heterocycles. The summed E-state index contributed by atoms with van der Waals surface area (Å²) in [5, 5.41) is 11.4. The highest BCUT2D eigenvalue weighted by molar-refractivity contribution is 5.94. The summed E-state index contributed by atoms with van der Waals surface area (Å²) < 4.78 is 5.28. The maximum atomic E-state index is 11.7. The second-order valence-electron chi connectivity index (χ2n) is 3.96. The minimum absolute atomic E-state index is 0.0792. The Morgan fingerprint density at radius 2 is 2.16 bits per heavy atom. The molecule has 0 spiro atoms. The van der Waals surface area contributed by atoms with Crippen LogP contribution in [-0.2, 0) is 4.74 Å². The normalized spacial score (nSPS) is 10.2. The van der Waals surface area contributed by atoms with Gasteiger partial charge in [0.2, 0.25) is 0 Å². The first-order valence-electron chi connectivity index (χ1n) is 6.20. The van der Waals surface area contributed by atoms with Gasteiger partial charge in [0.05, 0.1) is 5.56 Å². The van der Waals surface area contributed by atoms with Crippen molar-refractivity contribution in [1.29, 1.82) is 0 Å². The molecular weight excluding hydrogens is 248 g/mol. The van der Waals surface area contributed by atoms with E-state index < -0.39 is 5.97 Å². The topological polar surface area (TPSA) is 88.5 Å². The number of carbonyl (C=O) groups excluding carboxylic acids is 1. The van der Waals surface area contributed by atoms with Crippen LogP contribution in [0.1, 0.15) is 40.6 Å². The average molecular weight is 266 g/mol. The van der Waals surface area contributed by atoms with Gasteiger partial charge in [-0.25, -0.2) is 9.78 Å². The molecule has 1 aromatic heterocycles. The molecule has 0 unspecified atom stereocenters. The lowest BCUT2D eigenvalue weighted by molar-refractivity contribution is 0.0689. The van der Waals surface area contributed by atoms with Crippen LogP contribution in [0.15, 0.2) is 18.3 Å². The smallest absolute Gasteiger partial charge is 0.354 e. The Hall–Kier alpha value is -1.95. The molecule has 0 atom stereocenters. The van der Waals surface area contributed by atoms with E-state index in [2.05, 4.69) is 10.3 Å². The zero-order valence-corrected chi connectivity index (χ0v) is 10.9. The summed E-state index contributed by atoms with van der Waals surface area (Å²) in [6.45, 7) is 3.90. The van der Waals surface area contributed by atoms with Crippen molar-refractivity contribution in [1.82, 2.24) is 10.3 Å². The molecule has 0 radical (unpaired) electrons. The maximum absolute atomic E-state index is 11.7. The molecule has 6 nitrogen and oxygen atoms in total. The van der Waals surface area contributed by atoms with E-state index in [-0.39, 0.29) is 11.6 Å². The first-order chi connectivity index (χ1) is 9.15. The summed E-state index contributed by atoms with van der Waals surface area (Å²) in [5.74, 6) is -1.38. The zero-order chi connectivity index (χ0) is 14.1. The summed E-state index contributed by atoms with van der Waals surface area (Å²) in [5.41, 5.74) is 0.268. The number of ether oxygens (including phenoxy) is 1. The van der Waals surface area contributed by atoms with Crippen molar-refractivity contribution in [3.63, 3.8) is 0 Å². The third-order valence-electron chi connectivity index (χ3n) is 2.34. The van der Waals surface area contributed by atoms with Gasteiger partial charge in [-0.2, -0.15) is 0 Å². The van der Waals surface area contributed by atoms with E-state index >= 15 is 0 Å². The third-order valence-corrected chi connectivity index (χ3v) is 2.34. The predicted molar refractivity (Wildman–Crippen MR) is 69.3 cm³/mol. The first-order valence-corrected chi connectivity index (χ1v) is 6.20. The highest BCUT2D eigenvalue weighted by Crippen LogP contribution is 2.00. The van der Waals surface area contributed by atoms with E-state index in [4.69, 9.17) is 9.84 Å². The highest BCUT2D eigenvalue weighted by atomic mass is 16.5. The van der Waals surface area contributed by atoms with Crippen molar-refractivity contribution in [3.8, 4) is 0 Å². The van der Waals surface area contributed by atoms with Crippen molar-refractivity contribution in [2.75, 3.05) is 19.8 Å². The Labute approximate surface area is 111 Å². The van der Waals surface area contributed by atoms with Crippen LogP contribution in [0.2, 0.25) is 0 Å². The molecule has 1 heterocycles. The van der Waals surface area contributed by atoms with Crippen molar-refractivity contribution >= 4 is 11.9 Å². The molecule has 0 bridgehead atoms. The SMILES string of the molecule is CCCOCCCNC(=O)c1ccc(C(=O)O)nc1. The molecule has 0 saturated carbocycles. The third kappa shape index (κ3) is 5.48. The number of pyridine rings is 1. The number of carboxylic acids is 1. The highest BCUT2D eigenvalue weighted by Gasteiger charge is 2.08. The largest absolute Gasteiger partial charge is 0.477 e. The van der Waals surface area contributed by atoms with Crippen LogP contribution in [0.4, 0.5) is 0 Å². The van der Waals surface area contributed by atoms with Gasteiger partial charge < -0.3 is 15.2 Å². The van der Waals surface area contributed by atoms with Gasteiger partial charge in [0.1, 0.15) is 5.69 Å². The van der Waals surface area contributed by atoms with Crippen molar-refractivity contribution < 1.29 is 19.4 Å². The van der Waals surface area contributed by atoms with Gasteiger partial charge in [-0.1, -0.05) is 6.92 Å². The molecule has 0 aliphatic rings. The fraction of sp³-hybridized carbons (Fsp3) is 0.462. The fourth-order valence-corrected chi connectivity index (χ4v) is 1.38. The van der Waals surface area contributed by atoms with E-state index in [1.165, 1.54) is 18.3 Å². The van der Waals surface area contributed by atoms with Crippen LogP contribution in [0.5, 0.6) is 0 Å². The van der Waals surface area contributed by atoms with Crippen LogP contribution < -0.4 is 5.32 Å². The number of nitrogens with zero attached hydrogens (tertiary/aromatic N) is 1. The maximum Gasteiger partial charge on any atom is 0.354 e. The van der Waals surface area contributed by atoms with Crippen LogP contribution in [-0.4, -0.2) is 41.7 Å². The molecule has 19 heavy (non-hydrogen) atoms. The van der Waals surface area contributed by atoms with Gasteiger partial charge in [0, 0.05) is 26.0 Å². The Morgan fingerprint density at radius 3 is 2.74 bits per heavy atom. The van der Waals surface area contributed by atoms with Crippen LogP contribution in [0, 0.1) is 0 Å². The summed E-state index contributed by atoms with van der Waals surface area (Å²) in [4.78, 5) is 26.0. The van der Waals surface area contributed by atoms with Crippen LogP contribution in [0.25, 0.3) is 0 Å². The van der Waals surface area contributed by atoms with Gasteiger partial charge in [-0.05, 0) is 25.0 Å². The number of rotatable bonds is 8. The minimum atomic E-state index is -1.11. The van der Waals surface area contributed by atoms with E-state index in [1.807, 2.05) is 6.92 Å². The number of amides is 1. The summed E-state index contributed by atoms with van der Waals surface area (Å²) in [6.07, 6.45) is 2.98. The molecule has 0 aliphatic heterocycles. The lowest BCUT2D eigenvalue weighted by atomic mass is 10.2. The van der Waals surface area contributed by atoms with Crippen molar-refractivity contribution in [2.45, 2.75) is 19.8 Å². The number of hydrogen-bond acceptors (Lipinski definition) is 4. The van der Waals surface area contributed by atoms with Crippen molar-refractivity contribution in [3.05, 3.63) is 29.6 Å². The van der Waals surface area contributed by atoms with Gasteiger partial charge in [0.25, 0.3) is 5.91 Å². The molecule has 0 aromatic carbocycles. The molecule has 6 heteroatoms. The summed E-state index contributed by atoms with van der Waals surface area (Å²) in [7, 11) is 0. The lowest BCUT2D eigenvalue weighted by Gasteiger charge is -2.05. The number of hydrogen-bond donors (Lipinski definition) is 2. The number of aromatic nitrogens is 1. The molecule has 1 rings (SSSR count). The monoisotopic (exact) mass is 266 g/mol. The van der Waals surface area contributed by atoms with Crippen molar-refractivity contribution in [2.24, 2.45) is 0 Å². The number of nitrogens with one attached hydrogen (secondary N) is 1. The number of carbonyl (C=O) groups is 2. The molecule has 0 fully saturated rings. The Kier molecular flexibility index (Phi) is 6.52. The van der Waals surface area contributed by atoms with Crippen LogP contribution in [0.3, 0.4) is 0 Å². The van der Waals surface area contributed by atoms with Gasteiger partial charge in [-0.3, -0.25) is 4.79 Å². The summed E-state index contributed by atoms with van der Waals surface area (Å²) in [6, 6.07) is 2.75. The molecular formula is C13H18N2O4. The van der Waals surface area contributed by atoms with Crippen LogP contribution >= 0.6 is 0 Å². The lowest BCUT2D eigenvalue weighted by Crippen LogP contribution is -2.25. The molecule has 2 N–H and O–H groups in total. The quantitative estimate of drug-likeness (QED) is 0.693. The average Bonchev–Trinajstić information content (AvgIpc) is 2.42. The van der Waals surface area contributed by atoms with E-state index in [0.29, 0.717) is 18.7 Å². The Morgan fingerprint density at radius 1 is 1.37 bits per heavy atom. The first kappa shape index (κ1) is 15.1. The van der Waals surface area contributed by atoms with E-state index in [9.17, 15) is 9.59 Å². The van der Waals surface area contributed by atoms with Gasteiger partial charge in [-0.15, -0.1) is 0 Å². The summed E-state index contributed by atoms with van der Waals surface area (Å²) >= 11 is 0. The second kappa shape index (κ2) is 8.20. The number of aromatic carboxylic acids is 1. The van der Waals surface area contributed by atoms with Gasteiger partial charge >= 0.3 is 5.97 Å². The molecule has 0 aliphatic carbocycles. The Bertz CT molecular complexity index is 417. The zero-order valence-electron chi connectivity index (χ0n) is 10.9. The second-order valence-corrected chi connectivity index (χ2v) is 3.96. The minimum Gasteiger partial charge on any atom is -0.477 e. The fourth-order valence-electron chi connectivity index (χ4n) is 1.38. The number of carboxylic acid groups (broad SMARTS) is 1.